The molecule has 1 aliphatic rings. The molecule has 0 aliphatic carbocycles. The van der Waals surface area contributed by atoms with Crippen LogP contribution in [-0.4, -0.2) is 57.1 Å². The zero-order valence-electron chi connectivity index (χ0n) is 19.6. The second-order valence-electron chi connectivity index (χ2n) is 8.65. The number of nitrogens with zero attached hydrogens (tertiary/aromatic N) is 2. The second-order valence-corrected chi connectivity index (χ2v) is 8.65. The summed E-state index contributed by atoms with van der Waals surface area (Å²) in [6.07, 6.45) is 0. The molecule has 5 rings (SSSR count). The molecular formula is C27H26N2O5. The number of carbonyl (C=O) groups excluding carboxylic acids is 1. The van der Waals surface area contributed by atoms with Crippen molar-refractivity contribution >= 4 is 27.6 Å². The van der Waals surface area contributed by atoms with Crippen molar-refractivity contribution in [2.75, 3.05) is 41.4 Å². The lowest BCUT2D eigenvalue weighted by molar-refractivity contribution is 0.0715. The summed E-state index contributed by atoms with van der Waals surface area (Å²) in [5, 5.41) is 2.19. The van der Waals surface area contributed by atoms with E-state index in [2.05, 4.69) is 0 Å². The Morgan fingerprint density at radius 1 is 0.971 bits per heavy atom. The molecule has 174 valence electrons. The predicted octanol–water partition coefficient (Wildman–Crippen LogP) is 4.07. The lowest BCUT2D eigenvalue weighted by Gasteiger charge is -2.27. The van der Waals surface area contributed by atoms with E-state index >= 15 is 0 Å². The molecule has 0 N–H and O–H groups in total. The molecule has 0 radical (unpaired) electrons. The third-order valence-corrected chi connectivity index (χ3v) is 6.38. The molecule has 0 fully saturated rings. The van der Waals surface area contributed by atoms with Gasteiger partial charge in [0.1, 0.15) is 17.1 Å². The molecule has 34 heavy (non-hydrogen) atoms. The average molecular weight is 459 g/mol. The summed E-state index contributed by atoms with van der Waals surface area (Å²) in [5.41, 5.74) is 1.23. The van der Waals surface area contributed by atoms with Crippen LogP contribution in [0.1, 0.15) is 27.7 Å². The summed E-state index contributed by atoms with van der Waals surface area (Å²) < 4.78 is 17.3. The minimum absolute atomic E-state index is 0.0856. The van der Waals surface area contributed by atoms with Crippen LogP contribution < -0.4 is 14.9 Å². The summed E-state index contributed by atoms with van der Waals surface area (Å²) in [4.78, 5) is 31.3. The number of ether oxygens (including phenoxy) is 2. The first kappa shape index (κ1) is 22.0. The van der Waals surface area contributed by atoms with Crippen LogP contribution in [0, 0.1) is 0 Å². The van der Waals surface area contributed by atoms with E-state index in [0.717, 1.165) is 10.8 Å². The summed E-state index contributed by atoms with van der Waals surface area (Å²) in [6, 6.07) is 16.1. The molecule has 1 aliphatic heterocycles. The molecule has 0 saturated heterocycles. The Morgan fingerprint density at radius 2 is 1.76 bits per heavy atom. The van der Waals surface area contributed by atoms with Crippen molar-refractivity contribution in [2.45, 2.75) is 6.04 Å². The van der Waals surface area contributed by atoms with Crippen LogP contribution in [0.5, 0.6) is 11.5 Å². The Hall–Kier alpha value is -3.84. The maximum absolute atomic E-state index is 13.9. The third-order valence-electron chi connectivity index (χ3n) is 6.38. The van der Waals surface area contributed by atoms with Gasteiger partial charge in [-0.15, -0.1) is 0 Å². The smallest absolute Gasteiger partial charge is 0.290 e. The topological polar surface area (TPSA) is 72.2 Å². The normalized spacial score (nSPS) is 15.4. The minimum atomic E-state index is -0.653. The fourth-order valence-electron chi connectivity index (χ4n) is 4.66. The Labute approximate surface area is 197 Å². The Morgan fingerprint density at radius 3 is 2.50 bits per heavy atom. The van der Waals surface area contributed by atoms with Crippen molar-refractivity contribution in [3.8, 4) is 11.5 Å². The number of carbonyl (C=O) groups is 1. The van der Waals surface area contributed by atoms with Crippen molar-refractivity contribution < 1.29 is 18.7 Å². The van der Waals surface area contributed by atoms with E-state index in [0.29, 0.717) is 46.7 Å². The van der Waals surface area contributed by atoms with Crippen LogP contribution in [0.15, 0.2) is 63.8 Å². The van der Waals surface area contributed by atoms with Crippen LogP contribution in [0.4, 0.5) is 0 Å². The Balaban J connectivity index is 1.81. The molecule has 0 saturated carbocycles. The van der Waals surface area contributed by atoms with Crippen LogP contribution in [0.2, 0.25) is 0 Å². The summed E-state index contributed by atoms with van der Waals surface area (Å²) in [6.45, 7) is 1.04. The van der Waals surface area contributed by atoms with E-state index in [-0.39, 0.29) is 17.1 Å². The number of amides is 1. The highest BCUT2D eigenvalue weighted by Crippen LogP contribution is 2.43. The molecule has 7 nitrogen and oxygen atoms in total. The van der Waals surface area contributed by atoms with Gasteiger partial charge in [0.05, 0.1) is 31.2 Å². The van der Waals surface area contributed by atoms with Crippen LogP contribution in [-0.2, 0) is 0 Å². The molecule has 2 heterocycles. The highest BCUT2D eigenvalue weighted by atomic mass is 16.5. The fourth-order valence-corrected chi connectivity index (χ4v) is 4.66. The molecule has 0 spiro atoms. The zero-order chi connectivity index (χ0) is 24.0. The predicted molar refractivity (Wildman–Crippen MR) is 131 cm³/mol. The highest BCUT2D eigenvalue weighted by molar-refractivity contribution is 6.06. The fraction of sp³-hybridized carbons (Fsp3) is 0.259. The van der Waals surface area contributed by atoms with Gasteiger partial charge in [0.15, 0.2) is 5.43 Å². The second kappa shape index (κ2) is 8.50. The SMILES string of the molecule is COc1ccc(OC)c(C2c3c(oc4c(ccc5ccccc54)c3=O)C(=O)N2CCN(C)C)c1. The van der Waals surface area contributed by atoms with E-state index < -0.39 is 6.04 Å². The maximum atomic E-state index is 13.9. The molecule has 0 bridgehead atoms. The molecule has 1 aromatic heterocycles. The lowest BCUT2D eigenvalue weighted by atomic mass is 9.96. The molecule has 1 atom stereocenters. The van der Waals surface area contributed by atoms with Gasteiger partial charge in [-0.05, 0) is 43.7 Å². The van der Waals surface area contributed by atoms with E-state index in [4.69, 9.17) is 13.9 Å². The van der Waals surface area contributed by atoms with Crippen LogP contribution in [0.3, 0.4) is 0 Å². The van der Waals surface area contributed by atoms with Gasteiger partial charge in [-0.3, -0.25) is 9.59 Å². The zero-order valence-corrected chi connectivity index (χ0v) is 19.6. The van der Waals surface area contributed by atoms with Crippen LogP contribution >= 0.6 is 0 Å². The lowest BCUT2D eigenvalue weighted by Crippen LogP contribution is -2.35. The van der Waals surface area contributed by atoms with Gasteiger partial charge in [-0.25, -0.2) is 0 Å². The highest BCUT2D eigenvalue weighted by Gasteiger charge is 2.44. The molecular weight excluding hydrogens is 432 g/mol. The van der Waals surface area contributed by atoms with Crippen LogP contribution in [0.25, 0.3) is 21.7 Å². The van der Waals surface area contributed by atoms with Crippen molar-refractivity contribution in [1.82, 2.24) is 9.80 Å². The van der Waals surface area contributed by atoms with Crippen molar-refractivity contribution in [2.24, 2.45) is 0 Å². The quantitative estimate of drug-likeness (QED) is 0.406. The number of likely N-dealkylation sites (N-methyl/N-ethyl adjacent to an activating group) is 1. The van der Waals surface area contributed by atoms with Gasteiger partial charge in [-0.2, -0.15) is 0 Å². The largest absolute Gasteiger partial charge is 0.497 e. The summed E-state index contributed by atoms with van der Waals surface area (Å²) >= 11 is 0. The number of hydrogen-bond donors (Lipinski definition) is 0. The van der Waals surface area contributed by atoms with Gasteiger partial charge in [-0.1, -0.05) is 30.3 Å². The Kier molecular flexibility index (Phi) is 5.49. The molecule has 3 aromatic carbocycles. The van der Waals surface area contributed by atoms with Gasteiger partial charge < -0.3 is 23.7 Å². The monoisotopic (exact) mass is 458 g/mol. The number of benzene rings is 3. The maximum Gasteiger partial charge on any atom is 0.290 e. The number of methoxy groups -OCH3 is 2. The van der Waals surface area contributed by atoms with E-state index in [1.165, 1.54) is 0 Å². The molecule has 4 aromatic rings. The standard InChI is InChI=1S/C27H26N2O5/c1-28(2)13-14-29-23(20-15-17(32-3)10-12-21(20)33-4)22-24(30)19-11-9-16-7-5-6-8-18(16)25(19)34-26(22)27(29)31/h5-12,15,23H,13-14H2,1-4H3. The van der Waals surface area contributed by atoms with Crippen molar-refractivity contribution in [3.63, 3.8) is 0 Å². The first-order chi connectivity index (χ1) is 16.4. The van der Waals surface area contributed by atoms with E-state index in [1.54, 1.807) is 37.3 Å². The van der Waals surface area contributed by atoms with Gasteiger partial charge in [0.25, 0.3) is 5.91 Å². The van der Waals surface area contributed by atoms with Crippen molar-refractivity contribution in [3.05, 3.63) is 81.7 Å². The van der Waals surface area contributed by atoms with Gasteiger partial charge in [0.2, 0.25) is 5.76 Å². The Bertz CT molecular complexity index is 1470. The van der Waals surface area contributed by atoms with Crippen molar-refractivity contribution in [1.29, 1.82) is 0 Å². The third kappa shape index (κ3) is 3.40. The first-order valence-corrected chi connectivity index (χ1v) is 11.1. The van der Waals surface area contributed by atoms with Gasteiger partial charge in [0, 0.05) is 24.0 Å². The minimum Gasteiger partial charge on any atom is -0.497 e. The van der Waals surface area contributed by atoms with E-state index in [9.17, 15) is 9.59 Å². The average Bonchev–Trinajstić information content (AvgIpc) is 3.13. The molecule has 1 amide bonds. The summed E-state index contributed by atoms with van der Waals surface area (Å²) in [7, 11) is 7.04. The van der Waals surface area contributed by atoms with Gasteiger partial charge >= 0.3 is 0 Å². The number of rotatable bonds is 6. The summed E-state index contributed by atoms with van der Waals surface area (Å²) in [5.74, 6) is 0.959. The molecule has 1 unspecified atom stereocenters. The number of fused-ring (bicyclic) bond motifs is 4. The van der Waals surface area contributed by atoms with E-state index in [1.807, 2.05) is 55.4 Å². The first-order valence-electron chi connectivity index (χ1n) is 11.1. The number of hydrogen-bond acceptors (Lipinski definition) is 6. The molecule has 7 heteroatoms.